The summed E-state index contributed by atoms with van der Waals surface area (Å²) in [7, 11) is -2.27. The van der Waals surface area contributed by atoms with Gasteiger partial charge in [0.2, 0.25) is 15.9 Å². The summed E-state index contributed by atoms with van der Waals surface area (Å²) >= 11 is 0. The Balaban J connectivity index is 2.38. The van der Waals surface area contributed by atoms with Gasteiger partial charge in [0.05, 0.1) is 17.7 Å². The zero-order valence-electron chi connectivity index (χ0n) is 14.4. The van der Waals surface area contributed by atoms with Crippen LogP contribution in [-0.4, -0.2) is 37.3 Å². The molecule has 7 nitrogen and oxygen atoms in total. The zero-order valence-corrected chi connectivity index (χ0v) is 15.2. The van der Waals surface area contributed by atoms with Crippen molar-refractivity contribution in [1.29, 1.82) is 0 Å². The Hall–Kier alpha value is -2.45. The number of pyridine rings is 1. The number of hydrogen-bond acceptors (Lipinski definition) is 5. The number of methoxy groups -OCH3 is 1. The molecule has 8 heteroatoms. The van der Waals surface area contributed by atoms with Crippen LogP contribution in [0.2, 0.25) is 0 Å². The number of nitrogens with one attached hydrogen (secondary N) is 1. The van der Waals surface area contributed by atoms with E-state index in [0.29, 0.717) is 18.0 Å². The fraction of sp³-hybridized carbons (Fsp3) is 0.294. The third kappa shape index (κ3) is 4.55. The van der Waals surface area contributed by atoms with E-state index in [1.807, 2.05) is 0 Å². The van der Waals surface area contributed by atoms with Crippen LogP contribution in [0.5, 0.6) is 5.75 Å². The molecule has 0 aliphatic rings. The van der Waals surface area contributed by atoms with Crippen LogP contribution in [0.1, 0.15) is 19.4 Å². The number of aromatic nitrogens is 1. The lowest BCUT2D eigenvalue weighted by Gasteiger charge is -2.21. The molecule has 0 radical (unpaired) electrons. The molecule has 2 rings (SSSR count). The van der Waals surface area contributed by atoms with Gasteiger partial charge in [-0.3, -0.25) is 9.78 Å². The van der Waals surface area contributed by atoms with E-state index in [1.165, 1.54) is 36.5 Å². The van der Waals surface area contributed by atoms with Crippen LogP contribution in [0, 0.1) is 0 Å². The van der Waals surface area contributed by atoms with E-state index in [9.17, 15) is 13.2 Å². The number of amides is 1. The van der Waals surface area contributed by atoms with Gasteiger partial charge in [0, 0.05) is 32.4 Å². The molecule has 1 N–H and O–H groups in total. The summed E-state index contributed by atoms with van der Waals surface area (Å²) in [6, 6.07) is 7.95. The van der Waals surface area contributed by atoms with Gasteiger partial charge in [0.25, 0.3) is 0 Å². The number of anilines is 1. The topological polar surface area (TPSA) is 88.6 Å². The maximum atomic E-state index is 13.0. The summed E-state index contributed by atoms with van der Waals surface area (Å²) < 4.78 is 32.5. The van der Waals surface area contributed by atoms with Gasteiger partial charge in [0.1, 0.15) is 5.75 Å². The maximum absolute atomic E-state index is 13.0. The smallest absolute Gasteiger partial charge is 0.243 e. The molecule has 0 aliphatic carbocycles. The summed E-state index contributed by atoms with van der Waals surface area (Å²) in [4.78, 5) is 15.4. The molecule has 1 aromatic heterocycles. The van der Waals surface area contributed by atoms with Crippen molar-refractivity contribution in [3.8, 4) is 5.75 Å². The predicted octanol–water partition coefficient (Wildman–Crippen LogP) is 2.26. The Morgan fingerprint density at radius 3 is 2.48 bits per heavy atom. The molecule has 0 spiro atoms. The molecule has 1 heterocycles. The van der Waals surface area contributed by atoms with E-state index in [1.54, 1.807) is 31.5 Å². The first kappa shape index (κ1) is 18.9. The zero-order chi connectivity index (χ0) is 18.4. The second-order valence-corrected chi connectivity index (χ2v) is 7.27. The van der Waals surface area contributed by atoms with Gasteiger partial charge in [0.15, 0.2) is 0 Å². The average Bonchev–Trinajstić information content (AvgIpc) is 2.59. The number of rotatable bonds is 7. The Kier molecular flexibility index (Phi) is 6.11. The van der Waals surface area contributed by atoms with Gasteiger partial charge in [-0.05, 0) is 35.9 Å². The molecule has 2 aromatic rings. The fourth-order valence-corrected chi connectivity index (χ4v) is 3.81. The normalized spacial score (nSPS) is 11.4. The highest BCUT2D eigenvalue weighted by Crippen LogP contribution is 2.29. The standard InChI is InChI=1S/C17H21N3O4S/c1-4-20(12-14-7-9-18-10-8-14)25(22,23)15-5-6-17(24-3)16(11-15)19-13(2)21/h5-11H,4,12H2,1-3H3,(H,19,21). The summed E-state index contributed by atoms with van der Waals surface area (Å²) in [5, 5.41) is 2.59. The minimum atomic E-state index is -3.73. The van der Waals surface area contributed by atoms with E-state index < -0.39 is 10.0 Å². The van der Waals surface area contributed by atoms with Gasteiger partial charge in [-0.25, -0.2) is 8.42 Å². The number of carbonyl (C=O) groups is 1. The number of benzene rings is 1. The van der Waals surface area contributed by atoms with Crippen molar-refractivity contribution in [3.63, 3.8) is 0 Å². The monoisotopic (exact) mass is 363 g/mol. The van der Waals surface area contributed by atoms with Gasteiger partial charge < -0.3 is 10.1 Å². The Labute approximate surface area is 147 Å². The first-order valence-electron chi connectivity index (χ1n) is 7.73. The molecule has 0 unspecified atom stereocenters. The molecule has 0 saturated carbocycles. The van der Waals surface area contributed by atoms with Crippen LogP contribution in [0.4, 0.5) is 5.69 Å². The average molecular weight is 363 g/mol. The molecule has 0 atom stereocenters. The van der Waals surface area contributed by atoms with E-state index in [-0.39, 0.29) is 17.3 Å². The van der Waals surface area contributed by atoms with Gasteiger partial charge in [-0.2, -0.15) is 4.31 Å². The molecular formula is C17H21N3O4S. The predicted molar refractivity (Wildman–Crippen MR) is 94.8 cm³/mol. The van der Waals surface area contributed by atoms with Gasteiger partial charge in [-0.1, -0.05) is 6.92 Å². The van der Waals surface area contributed by atoms with Crippen molar-refractivity contribution in [2.75, 3.05) is 19.0 Å². The SMILES string of the molecule is CCN(Cc1ccncc1)S(=O)(=O)c1ccc(OC)c(NC(C)=O)c1. The molecule has 0 fully saturated rings. The largest absolute Gasteiger partial charge is 0.495 e. The minimum absolute atomic E-state index is 0.0907. The molecule has 134 valence electrons. The van der Waals surface area contributed by atoms with Gasteiger partial charge >= 0.3 is 0 Å². The third-order valence-electron chi connectivity index (χ3n) is 3.58. The van der Waals surface area contributed by atoms with Crippen LogP contribution >= 0.6 is 0 Å². The number of carbonyl (C=O) groups excluding carboxylic acids is 1. The molecule has 0 saturated heterocycles. The lowest BCUT2D eigenvalue weighted by molar-refractivity contribution is -0.114. The second kappa shape index (κ2) is 8.09. The quantitative estimate of drug-likeness (QED) is 0.815. The summed E-state index contributed by atoms with van der Waals surface area (Å²) in [5.74, 6) is 0.0864. The second-order valence-electron chi connectivity index (χ2n) is 5.33. The molecule has 1 amide bonds. The van der Waals surface area contributed by atoms with Crippen LogP contribution in [0.25, 0.3) is 0 Å². The molecule has 0 bridgehead atoms. The van der Waals surface area contributed by atoms with E-state index in [4.69, 9.17) is 4.74 Å². The Bertz CT molecular complexity index is 838. The summed E-state index contributed by atoms with van der Waals surface area (Å²) in [6.45, 7) is 3.68. The molecule has 0 aliphatic heterocycles. The van der Waals surface area contributed by atoms with Crippen LogP contribution in [0.3, 0.4) is 0 Å². The van der Waals surface area contributed by atoms with E-state index in [0.717, 1.165) is 5.56 Å². The number of ether oxygens (including phenoxy) is 1. The highest BCUT2D eigenvalue weighted by Gasteiger charge is 2.24. The highest BCUT2D eigenvalue weighted by atomic mass is 32.2. The van der Waals surface area contributed by atoms with E-state index >= 15 is 0 Å². The Morgan fingerprint density at radius 1 is 1.24 bits per heavy atom. The van der Waals surface area contributed by atoms with Crippen molar-refractivity contribution in [2.24, 2.45) is 0 Å². The van der Waals surface area contributed by atoms with Crippen LogP contribution < -0.4 is 10.1 Å². The summed E-state index contributed by atoms with van der Waals surface area (Å²) in [5.41, 5.74) is 1.16. The van der Waals surface area contributed by atoms with Crippen molar-refractivity contribution in [1.82, 2.24) is 9.29 Å². The number of sulfonamides is 1. The highest BCUT2D eigenvalue weighted by molar-refractivity contribution is 7.89. The summed E-state index contributed by atoms with van der Waals surface area (Å²) in [6.07, 6.45) is 3.25. The maximum Gasteiger partial charge on any atom is 0.243 e. The van der Waals surface area contributed by atoms with Crippen molar-refractivity contribution in [3.05, 3.63) is 48.3 Å². The molecule has 25 heavy (non-hydrogen) atoms. The lowest BCUT2D eigenvalue weighted by Crippen LogP contribution is -2.30. The van der Waals surface area contributed by atoms with Crippen molar-refractivity contribution >= 4 is 21.6 Å². The minimum Gasteiger partial charge on any atom is -0.495 e. The fourth-order valence-electron chi connectivity index (χ4n) is 2.34. The first-order valence-corrected chi connectivity index (χ1v) is 9.17. The van der Waals surface area contributed by atoms with Crippen molar-refractivity contribution in [2.45, 2.75) is 25.3 Å². The van der Waals surface area contributed by atoms with Crippen LogP contribution in [0.15, 0.2) is 47.6 Å². The number of nitrogens with zero attached hydrogens (tertiary/aromatic N) is 2. The Morgan fingerprint density at radius 2 is 1.92 bits per heavy atom. The molecule has 1 aromatic carbocycles. The van der Waals surface area contributed by atoms with Crippen LogP contribution in [-0.2, 0) is 21.4 Å². The third-order valence-corrected chi connectivity index (χ3v) is 5.50. The first-order chi connectivity index (χ1) is 11.9. The number of hydrogen-bond donors (Lipinski definition) is 1. The lowest BCUT2D eigenvalue weighted by atomic mass is 10.3. The molecular weight excluding hydrogens is 342 g/mol. The van der Waals surface area contributed by atoms with Crippen molar-refractivity contribution < 1.29 is 17.9 Å². The van der Waals surface area contributed by atoms with E-state index in [2.05, 4.69) is 10.3 Å². The van der Waals surface area contributed by atoms with Gasteiger partial charge in [-0.15, -0.1) is 0 Å².